The van der Waals surface area contributed by atoms with E-state index < -0.39 is 17.0 Å². The highest BCUT2D eigenvalue weighted by Gasteiger charge is 2.32. The Morgan fingerprint density at radius 1 is 1.11 bits per heavy atom. The van der Waals surface area contributed by atoms with E-state index >= 15 is 0 Å². The highest BCUT2D eigenvalue weighted by molar-refractivity contribution is 5.75. The van der Waals surface area contributed by atoms with E-state index in [-0.39, 0.29) is 25.2 Å². The number of ether oxygens (including phenoxy) is 1. The number of aromatic amines is 1. The molecule has 4 aromatic rings. The van der Waals surface area contributed by atoms with E-state index in [0.717, 1.165) is 29.0 Å². The lowest BCUT2D eigenvalue weighted by Crippen LogP contribution is -2.45. The molecule has 198 valence electrons. The summed E-state index contributed by atoms with van der Waals surface area (Å²) in [7, 11) is 0. The third-order valence-electron chi connectivity index (χ3n) is 5.99. The van der Waals surface area contributed by atoms with E-state index in [1.165, 1.54) is 16.8 Å². The zero-order valence-corrected chi connectivity index (χ0v) is 21.2. The fourth-order valence-electron chi connectivity index (χ4n) is 3.81. The van der Waals surface area contributed by atoms with E-state index in [4.69, 9.17) is 4.74 Å². The number of nitrogens with zero attached hydrogens (tertiary/aromatic N) is 7. The first-order chi connectivity index (χ1) is 18.1. The van der Waals surface area contributed by atoms with Crippen LogP contribution in [0.4, 0.5) is 20.7 Å². The van der Waals surface area contributed by atoms with Crippen molar-refractivity contribution in [3.05, 3.63) is 65.9 Å². The van der Waals surface area contributed by atoms with Crippen LogP contribution in [0.25, 0.3) is 11.3 Å². The summed E-state index contributed by atoms with van der Waals surface area (Å²) in [6, 6.07) is 3.33. The fraction of sp³-hybridized carbons (Fsp3) is 0.360. The first-order valence-corrected chi connectivity index (χ1v) is 12.0. The standard InChI is InChI=1S/C25H27F2N9O2/c1-25(2,3)22(37)38-14-36-13-21(33-34-36)17-11-35(12-17)24-31-10-20(32-24)16-8-29-23(30-9-16)28-7-15-4-18(26)6-19(27)5-15/h4-6,8-10,13,17H,7,11-12,14H2,1-3H3,(H,31,32)(H,28,29,30). The van der Waals surface area contributed by atoms with Gasteiger partial charge in [-0.1, -0.05) is 5.21 Å². The van der Waals surface area contributed by atoms with E-state index in [0.29, 0.717) is 24.6 Å². The van der Waals surface area contributed by atoms with Crippen LogP contribution in [0.1, 0.15) is 37.9 Å². The monoisotopic (exact) mass is 523 g/mol. The third-order valence-corrected chi connectivity index (χ3v) is 5.99. The number of benzene rings is 1. The van der Waals surface area contributed by atoms with Crippen molar-refractivity contribution < 1.29 is 18.3 Å². The summed E-state index contributed by atoms with van der Waals surface area (Å²) >= 11 is 0. The molecule has 0 unspecified atom stereocenters. The number of carbonyl (C=O) groups excluding carboxylic acids is 1. The Morgan fingerprint density at radius 3 is 2.50 bits per heavy atom. The van der Waals surface area contributed by atoms with E-state index in [2.05, 4.69) is 40.5 Å². The fourth-order valence-corrected chi connectivity index (χ4v) is 3.81. The van der Waals surface area contributed by atoms with Gasteiger partial charge in [0.05, 0.1) is 29.2 Å². The first kappa shape index (κ1) is 25.2. The second-order valence-corrected chi connectivity index (χ2v) is 10.1. The van der Waals surface area contributed by atoms with Crippen LogP contribution < -0.4 is 10.2 Å². The minimum atomic E-state index is -0.633. The zero-order valence-electron chi connectivity index (χ0n) is 21.2. The number of anilines is 2. The molecule has 0 spiro atoms. The van der Waals surface area contributed by atoms with Gasteiger partial charge in [-0.15, -0.1) is 5.10 Å². The average molecular weight is 524 g/mol. The summed E-state index contributed by atoms with van der Waals surface area (Å²) in [6.45, 7) is 7.04. The predicted octanol–water partition coefficient (Wildman–Crippen LogP) is 3.50. The number of H-pyrrole nitrogens is 1. The van der Waals surface area contributed by atoms with Crippen molar-refractivity contribution in [2.75, 3.05) is 23.3 Å². The van der Waals surface area contributed by atoms with E-state index in [1.807, 2.05) is 0 Å². The van der Waals surface area contributed by atoms with Crippen LogP contribution in [0.2, 0.25) is 0 Å². The molecule has 0 aliphatic carbocycles. The molecule has 11 nitrogen and oxygen atoms in total. The van der Waals surface area contributed by atoms with Crippen molar-refractivity contribution in [1.29, 1.82) is 0 Å². The van der Waals surface area contributed by atoms with Gasteiger partial charge in [-0.2, -0.15) is 0 Å². The van der Waals surface area contributed by atoms with Gasteiger partial charge in [0.1, 0.15) is 11.6 Å². The summed E-state index contributed by atoms with van der Waals surface area (Å²) < 4.78 is 33.5. The molecular weight excluding hydrogens is 496 g/mol. The van der Waals surface area contributed by atoms with Crippen molar-refractivity contribution in [2.24, 2.45) is 5.41 Å². The molecule has 38 heavy (non-hydrogen) atoms. The van der Waals surface area contributed by atoms with Crippen LogP contribution >= 0.6 is 0 Å². The molecular formula is C25H27F2N9O2. The maximum atomic E-state index is 13.3. The maximum Gasteiger partial charge on any atom is 0.313 e. The predicted molar refractivity (Wildman–Crippen MR) is 134 cm³/mol. The quantitative estimate of drug-likeness (QED) is 0.334. The second kappa shape index (κ2) is 10.1. The highest BCUT2D eigenvalue weighted by Crippen LogP contribution is 2.30. The molecule has 2 N–H and O–H groups in total. The average Bonchev–Trinajstić information content (AvgIpc) is 3.50. The number of rotatable bonds is 8. The zero-order chi connectivity index (χ0) is 26.9. The number of halogens is 2. The smallest absolute Gasteiger partial charge is 0.313 e. The van der Waals surface area contributed by atoms with Crippen molar-refractivity contribution in [3.63, 3.8) is 0 Å². The maximum absolute atomic E-state index is 13.3. The Labute approximate surface area is 217 Å². The molecule has 0 saturated carbocycles. The van der Waals surface area contributed by atoms with Crippen molar-refractivity contribution in [2.45, 2.75) is 40.0 Å². The molecule has 1 aliphatic rings. The van der Waals surface area contributed by atoms with Crippen LogP contribution in [0.15, 0.2) is 43.0 Å². The third kappa shape index (κ3) is 5.76. The lowest BCUT2D eigenvalue weighted by molar-refractivity contribution is -0.157. The molecule has 13 heteroatoms. The van der Waals surface area contributed by atoms with Crippen molar-refractivity contribution in [3.8, 4) is 11.3 Å². The summed E-state index contributed by atoms with van der Waals surface area (Å²) in [5, 5.41) is 11.2. The Balaban J connectivity index is 1.12. The summed E-state index contributed by atoms with van der Waals surface area (Å²) in [5.74, 6) is -0.312. The number of carbonyl (C=O) groups is 1. The molecule has 0 atom stereocenters. The van der Waals surface area contributed by atoms with Gasteiger partial charge in [0, 0.05) is 49.6 Å². The Morgan fingerprint density at radius 2 is 1.82 bits per heavy atom. The Hall–Kier alpha value is -4.42. The van der Waals surface area contributed by atoms with Crippen molar-refractivity contribution in [1.82, 2.24) is 34.9 Å². The van der Waals surface area contributed by atoms with Gasteiger partial charge in [0.25, 0.3) is 0 Å². The minimum absolute atomic E-state index is 0.0286. The summed E-state index contributed by atoms with van der Waals surface area (Å²) in [6.07, 6.45) is 6.79. The van der Waals surface area contributed by atoms with Gasteiger partial charge >= 0.3 is 5.97 Å². The van der Waals surface area contributed by atoms with E-state index in [9.17, 15) is 13.6 Å². The van der Waals surface area contributed by atoms with Crippen LogP contribution in [0, 0.1) is 17.0 Å². The Kier molecular flexibility index (Phi) is 6.74. The SMILES string of the molecule is CC(C)(C)C(=O)OCn1cc(C2CN(c3ncc(-c4cnc(NCc5cc(F)cc(F)c5)nc4)[nH]3)C2)nn1. The molecule has 0 amide bonds. The summed E-state index contributed by atoms with van der Waals surface area (Å²) in [4.78, 5) is 30.3. The Bertz CT molecular complexity index is 1400. The molecule has 0 bridgehead atoms. The van der Waals surface area contributed by atoms with Gasteiger partial charge in [0.15, 0.2) is 6.73 Å². The summed E-state index contributed by atoms with van der Waals surface area (Å²) in [5.41, 5.74) is 2.21. The van der Waals surface area contributed by atoms with Gasteiger partial charge in [0.2, 0.25) is 11.9 Å². The largest absolute Gasteiger partial charge is 0.442 e. The van der Waals surface area contributed by atoms with Crippen LogP contribution in [-0.4, -0.2) is 54.0 Å². The molecule has 0 radical (unpaired) electrons. The lowest BCUT2D eigenvalue weighted by atomic mass is 9.97. The number of nitrogens with one attached hydrogen (secondary N) is 2. The topological polar surface area (TPSA) is 127 Å². The lowest BCUT2D eigenvalue weighted by Gasteiger charge is -2.37. The molecule has 4 heterocycles. The normalized spacial score (nSPS) is 13.9. The molecule has 5 rings (SSSR count). The highest BCUT2D eigenvalue weighted by atomic mass is 19.1. The number of imidazole rings is 1. The molecule has 1 fully saturated rings. The van der Waals surface area contributed by atoms with Gasteiger partial charge in [-0.25, -0.2) is 28.4 Å². The number of aromatic nitrogens is 7. The van der Waals surface area contributed by atoms with E-state index in [1.54, 1.807) is 45.6 Å². The van der Waals surface area contributed by atoms with Gasteiger partial charge in [-0.3, -0.25) is 4.79 Å². The van der Waals surface area contributed by atoms with Crippen molar-refractivity contribution >= 4 is 17.9 Å². The van der Waals surface area contributed by atoms with Crippen LogP contribution in [0.3, 0.4) is 0 Å². The van der Waals surface area contributed by atoms with Crippen LogP contribution in [0.5, 0.6) is 0 Å². The minimum Gasteiger partial charge on any atom is -0.442 e. The molecule has 3 aromatic heterocycles. The number of hydrogen-bond donors (Lipinski definition) is 2. The van der Waals surface area contributed by atoms with Gasteiger partial charge in [-0.05, 0) is 38.5 Å². The second-order valence-electron chi connectivity index (χ2n) is 10.1. The number of hydrogen-bond acceptors (Lipinski definition) is 9. The molecule has 1 aromatic carbocycles. The molecule has 1 aliphatic heterocycles. The first-order valence-electron chi connectivity index (χ1n) is 12.0. The molecule has 1 saturated heterocycles. The van der Waals surface area contributed by atoms with Gasteiger partial charge < -0.3 is 19.9 Å². The van der Waals surface area contributed by atoms with Crippen LogP contribution in [-0.2, 0) is 22.8 Å². The number of esters is 1.